The van der Waals surface area contributed by atoms with Gasteiger partial charge in [0.15, 0.2) is 6.61 Å². The first-order valence-electron chi connectivity index (χ1n) is 6.75. The highest BCUT2D eigenvalue weighted by Crippen LogP contribution is 2.14. The van der Waals surface area contributed by atoms with E-state index in [9.17, 15) is 9.59 Å². The molecule has 1 aliphatic rings. The zero-order valence-electron chi connectivity index (χ0n) is 11.6. The van der Waals surface area contributed by atoms with Gasteiger partial charge in [0.25, 0.3) is 5.91 Å². The number of anilines is 2. The summed E-state index contributed by atoms with van der Waals surface area (Å²) in [6, 6.07) is 4.52. The lowest BCUT2D eigenvalue weighted by Gasteiger charge is -2.22. The fourth-order valence-corrected chi connectivity index (χ4v) is 2.12. The molecule has 0 spiro atoms. The maximum absolute atomic E-state index is 11.8. The van der Waals surface area contributed by atoms with Crippen molar-refractivity contribution in [3.8, 4) is 0 Å². The number of carbonyl (C=O) groups excluding carboxylic acids is 2. The molecule has 7 nitrogen and oxygen atoms in total. The monoisotopic (exact) mass is 293 g/mol. The van der Waals surface area contributed by atoms with Gasteiger partial charge in [-0.1, -0.05) is 0 Å². The Morgan fingerprint density at radius 3 is 2.43 bits per heavy atom. The second kappa shape index (κ2) is 6.94. The van der Waals surface area contributed by atoms with Gasteiger partial charge in [-0.3, -0.25) is 4.79 Å². The normalized spacial score (nSPS) is 15.4. The highest BCUT2D eigenvalue weighted by molar-refractivity contribution is 5.93. The first-order chi connectivity index (χ1) is 10.0. The number of esters is 1. The number of nitrogens with two attached hydrogens (primary N) is 2. The molecule has 0 saturated carbocycles. The number of ether oxygens (including phenoxy) is 2. The van der Waals surface area contributed by atoms with Crippen molar-refractivity contribution in [1.29, 1.82) is 0 Å². The molecule has 0 atom stereocenters. The molecule has 1 aromatic rings. The zero-order chi connectivity index (χ0) is 15.2. The standard InChI is InChI=1S/C14H19N3O4/c15-10-5-9(6-11(16)7-10)14(19)21-8-13(18)17-12-1-3-20-4-2-12/h5-7,12H,1-4,8,15-16H2,(H,17,18). The number of benzene rings is 1. The highest BCUT2D eigenvalue weighted by Gasteiger charge is 2.17. The Bertz CT molecular complexity index is 507. The summed E-state index contributed by atoms with van der Waals surface area (Å²) >= 11 is 0. The van der Waals surface area contributed by atoms with Crippen LogP contribution in [0.25, 0.3) is 0 Å². The second-order valence-corrected chi connectivity index (χ2v) is 4.92. The molecule has 0 radical (unpaired) electrons. The number of hydrogen-bond acceptors (Lipinski definition) is 6. The van der Waals surface area contributed by atoms with Crippen LogP contribution in [0.3, 0.4) is 0 Å². The molecule has 0 aromatic heterocycles. The largest absolute Gasteiger partial charge is 0.452 e. The van der Waals surface area contributed by atoms with Gasteiger partial charge in [-0.2, -0.15) is 0 Å². The Hall–Kier alpha value is -2.28. The fourth-order valence-electron chi connectivity index (χ4n) is 2.12. The van der Waals surface area contributed by atoms with E-state index in [1.165, 1.54) is 18.2 Å². The lowest BCUT2D eigenvalue weighted by Crippen LogP contribution is -2.41. The van der Waals surface area contributed by atoms with E-state index >= 15 is 0 Å². The molecule has 1 amide bonds. The first kappa shape index (κ1) is 15.1. The van der Waals surface area contributed by atoms with Crippen LogP contribution in [0.5, 0.6) is 0 Å². The van der Waals surface area contributed by atoms with Crippen LogP contribution in [0.1, 0.15) is 23.2 Å². The van der Waals surface area contributed by atoms with Gasteiger partial charge in [0.1, 0.15) is 0 Å². The van der Waals surface area contributed by atoms with Crippen LogP contribution >= 0.6 is 0 Å². The first-order valence-corrected chi connectivity index (χ1v) is 6.75. The Morgan fingerprint density at radius 1 is 1.19 bits per heavy atom. The molecule has 1 aromatic carbocycles. The average molecular weight is 293 g/mol. The molecule has 1 aliphatic heterocycles. The quantitative estimate of drug-likeness (QED) is 0.543. The summed E-state index contributed by atoms with van der Waals surface area (Å²) in [6.07, 6.45) is 1.54. The number of hydrogen-bond donors (Lipinski definition) is 3. The molecule has 5 N–H and O–H groups in total. The van der Waals surface area contributed by atoms with Gasteiger partial charge in [-0.25, -0.2) is 4.79 Å². The van der Waals surface area contributed by atoms with Gasteiger partial charge < -0.3 is 26.3 Å². The van der Waals surface area contributed by atoms with Gasteiger partial charge in [0, 0.05) is 30.6 Å². The molecular formula is C14H19N3O4. The van der Waals surface area contributed by atoms with Crippen molar-refractivity contribution in [2.45, 2.75) is 18.9 Å². The molecule has 1 heterocycles. The van der Waals surface area contributed by atoms with E-state index in [0.717, 1.165) is 12.8 Å². The highest BCUT2D eigenvalue weighted by atomic mass is 16.5. The smallest absolute Gasteiger partial charge is 0.338 e. The van der Waals surface area contributed by atoms with E-state index in [-0.39, 0.29) is 24.1 Å². The Kier molecular flexibility index (Phi) is 4.99. The summed E-state index contributed by atoms with van der Waals surface area (Å²) < 4.78 is 10.1. The van der Waals surface area contributed by atoms with E-state index in [0.29, 0.717) is 24.6 Å². The van der Waals surface area contributed by atoms with Crippen molar-refractivity contribution in [1.82, 2.24) is 5.32 Å². The van der Waals surface area contributed by atoms with Crippen molar-refractivity contribution >= 4 is 23.3 Å². The molecule has 7 heteroatoms. The minimum Gasteiger partial charge on any atom is -0.452 e. The molecule has 1 fully saturated rings. The predicted octanol–water partition coefficient (Wildman–Crippen LogP) is 0.303. The summed E-state index contributed by atoms with van der Waals surface area (Å²) in [4.78, 5) is 23.5. The third-order valence-electron chi connectivity index (χ3n) is 3.13. The second-order valence-electron chi connectivity index (χ2n) is 4.92. The van der Waals surface area contributed by atoms with Crippen molar-refractivity contribution < 1.29 is 19.1 Å². The molecule has 0 bridgehead atoms. The molecule has 2 rings (SSSR count). The molecule has 114 valence electrons. The number of nitrogens with one attached hydrogen (secondary N) is 1. The van der Waals surface area contributed by atoms with Gasteiger partial charge in [0.05, 0.1) is 5.56 Å². The van der Waals surface area contributed by atoms with Crippen LogP contribution < -0.4 is 16.8 Å². The molecule has 1 saturated heterocycles. The lowest BCUT2D eigenvalue weighted by atomic mass is 10.1. The number of amides is 1. The van der Waals surface area contributed by atoms with E-state index < -0.39 is 5.97 Å². The summed E-state index contributed by atoms with van der Waals surface area (Å²) in [5.74, 6) is -0.955. The SMILES string of the molecule is Nc1cc(N)cc(C(=O)OCC(=O)NC2CCOCC2)c1. The Morgan fingerprint density at radius 2 is 1.81 bits per heavy atom. The van der Waals surface area contributed by atoms with Crippen molar-refractivity contribution in [3.63, 3.8) is 0 Å². The molecule has 21 heavy (non-hydrogen) atoms. The van der Waals surface area contributed by atoms with E-state index in [4.69, 9.17) is 20.9 Å². The van der Waals surface area contributed by atoms with E-state index in [1.807, 2.05) is 0 Å². The van der Waals surface area contributed by atoms with E-state index in [2.05, 4.69) is 5.32 Å². The van der Waals surface area contributed by atoms with Crippen LogP contribution in [0.15, 0.2) is 18.2 Å². The van der Waals surface area contributed by atoms with E-state index in [1.54, 1.807) is 0 Å². The van der Waals surface area contributed by atoms with Gasteiger partial charge in [-0.05, 0) is 31.0 Å². The van der Waals surface area contributed by atoms with Gasteiger partial charge >= 0.3 is 5.97 Å². The summed E-state index contributed by atoms with van der Waals surface area (Å²) in [7, 11) is 0. The van der Waals surface area contributed by atoms with Crippen LogP contribution in [0, 0.1) is 0 Å². The van der Waals surface area contributed by atoms with Crippen molar-refractivity contribution in [2.75, 3.05) is 31.3 Å². The number of carbonyl (C=O) groups is 2. The summed E-state index contributed by atoms with van der Waals surface area (Å²) in [5, 5.41) is 2.80. The van der Waals surface area contributed by atoms with Crippen molar-refractivity contribution in [2.24, 2.45) is 0 Å². The summed E-state index contributed by atoms with van der Waals surface area (Å²) in [6.45, 7) is 0.936. The Balaban J connectivity index is 1.81. The maximum atomic E-state index is 11.8. The number of rotatable bonds is 4. The van der Waals surface area contributed by atoms with Crippen LogP contribution in [0.4, 0.5) is 11.4 Å². The topological polar surface area (TPSA) is 117 Å². The lowest BCUT2D eigenvalue weighted by molar-refractivity contribution is -0.125. The van der Waals surface area contributed by atoms with Crippen LogP contribution in [-0.2, 0) is 14.3 Å². The zero-order valence-corrected chi connectivity index (χ0v) is 11.6. The van der Waals surface area contributed by atoms with Crippen molar-refractivity contribution in [3.05, 3.63) is 23.8 Å². The molecular weight excluding hydrogens is 274 g/mol. The van der Waals surface area contributed by atoms with Gasteiger partial charge in [-0.15, -0.1) is 0 Å². The fraction of sp³-hybridized carbons (Fsp3) is 0.429. The molecule has 0 unspecified atom stereocenters. The van der Waals surface area contributed by atoms with Gasteiger partial charge in [0.2, 0.25) is 0 Å². The summed E-state index contributed by atoms with van der Waals surface area (Å²) in [5.41, 5.74) is 12.2. The third kappa shape index (κ3) is 4.64. The molecule has 0 aliphatic carbocycles. The van der Waals surface area contributed by atoms with Crippen LogP contribution in [-0.4, -0.2) is 37.7 Å². The predicted molar refractivity (Wildman–Crippen MR) is 77.5 cm³/mol. The number of nitrogen functional groups attached to an aromatic ring is 2. The van der Waals surface area contributed by atoms with Crippen LogP contribution in [0.2, 0.25) is 0 Å². The third-order valence-corrected chi connectivity index (χ3v) is 3.13. The maximum Gasteiger partial charge on any atom is 0.338 e. The average Bonchev–Trinajstić information content (AvgIpc) is 2.45. The minimum atomic E-state index is -0.629. The minimum absolute atomic E-state index is 0.0768. The Labute approximate surface area is 122 Å².